The number of fused-ring (bicyclic) bond motifs is 1. The third-order valence-corrected chi connectivity index (χ3v) is 9.44. The number of carbonyl (C=O) groups excluding carboxylic acids is 3. The van der Waals surface area contributed by atoms with E-state index in [9.17, 15) is 19.5 Å². The predicted molar refractivity (Wildman–Crippen MR) is 112 cm³/mol. The molecule has 3 rings (SSSR count). The van der Waals surface area contributed by atoms with Crippen molar-refractivity contribution in [3.05, 3.63) is 0 Å². The van der Waals surface area contributed by atoms with Crippen LogP contribution < -0.4 is 10.6 Å². The number of amides is 3. The molecule has 3 amide bonds. The highest BCUT2D eigenvalue weighted by atomic mass is 79.9. The highest BCUT2D eigenvalue weighted by Gasteiger charge is 2.75. The van der Waals surface area contributed by atoms with Crippen molar-refractivity contribution in [2.45, 2.75) is 59.9 Å². The van der Waals surface area contributed by atoms with Crippen LogP contribution in [0.4, 0.5) is 0 Å². The number of rotatable bonds is 9. The quantitative estimate of drug-likeness (QED) is 0.339. The van der Waals surface area contributed by atoms with Crippen LogP contribution in [0.3, 0.4) is 0 Å². The number of halogens is 1. The van der Waals surface area contributed by atoms with E-state index in [0.29, 0.717) is 25.9 Å². The number of hydrogen-bond acceptors (Lipinski definition) is 5. The number of nitrogens with one attached hydrogen (secondary N) is 2. The molecule has 0 aliphatic carbocycles. The van der Waals surface area contributed by atoms with E-state index in [4.69, 9.17) is 0 Å². The fourth-order valence-electron chi connectivity index (χ4n) is 5.06. The molecule has 6 atom stereocenters. The molecule has 9 heteroatoms. The number of hydrogen-bond donors (Lipinski definition) is 3. The van der Waals surface area contributed by atoms with E-state index in [0.717, 1.165) is 19.3 Å². The highest BCUT2D eigenvalue weighted by molar-refractivity contribution is 9.09. The highest BCUT2D eigenvalue weighted by Crippen LogP contribution is 2.67. The molecule has 2 bridgehead atoms. The minimum Gasteiger partial charge on any atom is -0.396 e. The molecule has 0 aromatic heterocycles. The van der Waals surface area contributed by atoms with Crippen LogP contribution in [0.1, 0.15) is 39.0 Å². The van der Waals surface area contributed by atoms with Gasteiger partial charge in [0, 0.05) is 36.8 Å². The molecule has 28 heavy (non-hydrogen) atoms. The van der Waals surface area contributed by atoms with Gasteiger partial charge in [-0.05, 0) is 19.3 Å². The summed E-state index contributed by atoms with van der Waals surface area (Å²) >= 11 is 5.34. The first-order chi connectivity index (χ1) is 13.4. The molecule has 0 aromatic rings. The van der Waals surface area contributed by atoms with E-state index in [2.05, 4.69) is 33.5 Å². The Bertz CT molecular complexity index is 636. The van der Waals surface area contributed by atoms with Crippen molar-refractivity contribution in [1.82, 2.24) is 15.5 Å². The second-order valence-electron chi connectivity index (χ2n) is 7.88. The third kappa shape index (κ3) is 3.47. The zero-order valence-electron chi connectivity index (χ0n) is 16.4. The monoisotopic (exact) mass is 475 g/mol. The predicted octanol–water partition coefficient (Wildman–Crippen LogP) is 0.886. The number of alkyl halides is 1. The lowest BCUT2D eigenvalue weighted by atomic mass is 9.70. The fourth-order valence-corrected chi connectivity index (χ4v) is 8.67. The molecule has 3 unspecified atom stereocenters. The maximum Gasteiger partial charge on any atom is 0.244 e. The SMILES string of the molecule is CCCCCNC(=O)C1N(CCCO)C(=O)[C@@H]2[C@H](C(=O)NC)[C@H]3SC12CC3Br. The van der Waals surface area contributed by atoms with Crippen LogP contribution in [0.2, 0.25) is 0 Å². The van der Waals surface area contributed by atoms with E-state index in [1.807, 2.05) is 0 Å². The summed E-state index contributed by atoms with van der Waals surface area (Å²) in [5.41, 5.74) is 0. The zero-order valence-corrected chi connectivity index (χ0v) is 18.9. The summed E-state index contributed by atoms with van der Waals surface area (Å²) < 4.78 is -0.586. The van der Waals surface area contributed by atoms with E-state index in [1.54, 1.807) is 23.7 Å². The summed E-state index contributed by atoms with van der Waals surface area (Å²) in [6.07, 6.45) is 4.14. The van der Waals surface area contributed by atoms with Gasteiger partial charge in [-0.25, -0.2) is 0 Å². The molecular weight excluding hydrogens is 446 g/mol. The summed E-state index contributed by atoms with van der Waals surface area (Å²) in [6.45, 7) is 3.00. The molecule has 7 nitrogen and oxygen atoms in total. The molecule has 0 aromatic carbocycles. The fraction of sp³-hybridized carbons (Fsp3) is 0.842. The van der Waals surface area contributed by atoms with E-state index < -0.39 is 22.6 Å². The van der Waals surface area contributed by atoms with Crippen LogP contribution in [-0.4, -0.2) is 75.3 Å². The van der Waals surface area contributed by atoms with Crippen molar-refractivity contribution in [1.29, 1.82) is 0 Å². The first-order valence-corrected chi connectivity index (χ1v) is 11.9. The molecule has 1 spiro atoms. The van der Waals surface area contributed by atoms with Gasteiger partial charge in [-0.2, -0.15) is 0 Å². The minimum absolute atomic E-state index is 0.00992. The molecule has 3 heterocycles. The largest absolute Gasteiger partial charge is 0.396 e. The van der Waals surface area contributed by atoms with Gasteiger partial charge in [-0.15, -0.1) is 11.8 Å². The number of aliphatic hydroxyl groups is 1. The van der Waals surface area contributed by atoms with Crippen molar-refractivity contribution in [2.75, 3.05) is 26.7 Å². The molecule has 3 N–H and O–H groups in total. The molecule has 0 radical (unpaired) electrons. The van der Waals surface area contributed by atoms with Gasteiger partial charge in [0.2, 0.25) is 17.7 Å². The Hall–Kier alpha value is -0.800. The summed E-state index contributed by atoms with van der Waals surface area (Å²) in [4.78, 5) is 40.9. The first-order valence-electron chi connectivity index (χ1n) is 10.2. The number of likely N-dealkylation sites (tertiary alicyclic amines) is 1. The number of unbranched alkanes of at least 4 members (excludes halogenated alkanes) is 2. The Morgan fingerprint density at radius 2 is 2.07 bits per heavy atom. The first kappa shape index (κ1) is 21.9. The Morgan fingerprint density at radius 1 is 1.32 bits per heavy atom. The second kappa shape index (κ2) is 8.92. The standard InChI is InChI=1S/C19H30BrN3O4S/c1-3-4-5-7-22-17(26)15-19-10-11(20)14(28-19)12(16(25)21-2)13(19)18(27)23(15)8-6-9-24/h11-15,24H,3-10H2,1-2H3,(H,21,25)(H,22,26)/t11?,12-,13-,14-,15?,19?/m0/s1. The van der Waals surface area contributed by atoms with Crippen molar-refractivity contribution in [3.8, 4) is 0 Å². The van der Waals surface area contributed by atoms with Crippen LogP contribution in [0.15, 0.2) is 0 Å². The van der Waals surface area contributed by atoms with E-state index >= 15 is 0 Å². The van der Waals surface area contributed by atoms with Crippen LogP contribution >= 0.6 is 27.7 Å². The summed E-state index contributed by atoms with van der Waals surface area (Å²) in [5.74, 6) is -1.30. The van der Waals surface area contributed by atoms with E-state index in [1.165, 1.54) is 0 Å². The maximum absolute atomic E-state index is 13.4. The Kier molecular flexibility index (Phi) is 6.97. The lowest BCUT2D eigenvalue weighted by Gasteiger charge is -2.35. The topological polar surface area (TPSA) is 98.7 Å². The van der Waals surface area contributed by atoms with Gasteiger partial charge >= 0.3 is 0 Å². The number of thioether (sulfide) groups is 1. The van der Waals surface area contributed by atoms with Crippen LogP contribution in [-0.2, 0) is 14.4 Å². The maximum atomic E-state index is 13.4. The summed E-state index contributed by atoms with van der Waals surface area (Å²) in [7, 11) is 1.59. The van der Waals surface area contributed by atoms with Crippen molar-refractivity contribution >= 4 is 45.4 Å². The van der Waals surface area contributed by atoms with Gasteiger partial charge < -0.3 is 20.6 Å². The molecule has 0 saturated carbocycles. The second-order valence-corrected chi connectivity index (χ2v) is 10.6. The van der Waals surface area contributed by atoms with Crippen molar-refractivity contribution < 1.29 is 19.5 Å². The zero-order chi connectivity index (χ0) is 20.5. The van der Waals surface area contributed by atoms with Crippen LogP contribution in [0, 0.1) is 11.8 Å². The van der Waals surface area contributed by atoms with E-state index in [-0.39, 0.29) is 34.4 Å². The van der Waals surface area contributed by atoms with Crippen molar-refractivity contribution in [2.24, 2.45) is 11.8 Å². The molecule has 3 fully saturated rings. The smallest absolute Gasteiger partial charge is 0.244 e. The van der Waals surface area contributed by atoms with Crippen LogP contribution in [0.5, 0.6) is 0 Å². The van der Waals surface area contributed by atoms with Gasteiger partial charge in [-0.3, -0.25) is 14.4 Å². The molecule has 158 valence electrons. The molecule has 3 aliphatic heterocycles. The number of carbonyl (C=O) groups is 3. The summed E-state index contributed by atoms with van der Waals surface area (Å²) in [6, 6.07) is -0.595. The lowest BCUT2D eigenvalue weighted by Crippen LogP contribution is -2.54. The van der Waals surface area contributed by atoms with Gasteiger partial charge in [0.05, 0.1) is 16.6 Å². The molecule has 3 saturated heterocycles. The Morgan fingerprint density at radius 3 is 2.71 bits per heavy atom. The average Bonchev–Trinajstić information content (AvgIpc) is 3.26. The lowest BCUT2D eigenvalue weighted by molar-refractivity contribution is -0.140. The number of aliphatic hydroxyl groups excluding tert-OH is 1. The Balaban J connectivity index is 1.90. The average molecular weight is 476 g/mol. The van der Waals surface area contributed by atoms with Gasteiger partial charge in [-0.1, -0.05) is 35.7 Å². The normalized spacial score (nSPS) is 35.9. The number of nitrogens with zero attached hydrogens (tertiary/aromatic N) is 1. The minimum atomic E-state index is -0.595. The molecular formula is C19H30BrN3O4S. The van der Waals surface area contributed by atoms with Gasteiger partial charge in [0.15, 0.2) is 0 Å². The molecule has 3 aliphatic rings. The Labute approximate surface area is 178 Å². The third-order valence-electron chi connectivity index (χ3n) is 6.22. The van der Waals surface area contributed by atoms with Crippen molar-refractivity contribution in [3.63, 3.8) is 0 Å². The van der Waals surface area contributed by atoms with Crippen LogP contribution in [0.25, 0.3) is 0 Å². The van der Waals surface area contributed by atoms with Gasteiger partial charge in [0.25, 0.3) is 0 Å². The van der Waals surface area contributed by atoms with Gasteiger partial charge in [0.1, 0.15) is 6.04 Å². The summed E-state index contributed by atoms with van der Waals surface area (Å²) in [5, 5.41) is 15.0.